The molecule has 0 spiro atoms. The van der Waals surface area contributed by atoms with Crippen LogP contribution in [-0.2, 0) is 44.4 Å². The Morgan fingerprint density at radius 1 is 0.809 bits per heavy atom. The standard InChI is InChI=1S/C31H38O16/c1-14-24(38)26(40)27(41)30(44-14)47-28-25(39)22(13-43-23(37)8-5-16-3-6-18(33)20(35)11-16)46-31(29(28)45-15(2)32)42-10-9-17-4-7-19(34)21(36)12-17/h3-8,11-12,14,22,24-31,33-36,38-41H,9-10,13H2,1-2H3/b8-5+. The van der Waals surface area contributed by atoms with Crippen molar-refractivity contribution in [3.63, 3.8) is 0 Å². The quantitative estimate of drug-likeness (QED) is 0.0859. The smallest absolute Gasteiger partial charge is 0.330 e. The monoisotopic (exact) mass is 666 g/mol. The molecule has 0 aliphatic carbocycles. The Morgan fingerprint density at radius 3 is 2.15 bits per heavy atom. The van der Waals surface area contributed by atoms with E-state index in [1.54, 1.807) is 0 Å². The highest BCUT2D eigenvalue weighted by Crippen LogP contribution is 2.32. The Morgan fingerprint density at radius 2 is 1.49 bits per heavy atom. The van der Waals surface area contributed by atoms with Gasteiger partial charge in [-0.3, -0.25) is 4.79 Å². The minimum atomic E-state index is -1.78. The maximum Gasteiger partial charge on any atom is 0.330 e. The summed E-state index contributed by atoms with van der Waals surface area (Å²) >= 11 is 0. The number of ether oxygens (including phenoxy) is 6. The first-order valence-electron chi connectivity index (χ1n) is 14.6. The number of rotatable bonds is 11. The molecule has 4 rings (SSSR count). The van der Waals surface area contributed by atoms with Crippen molar-refractivity contribution in [2.75, 3.05) is 13.2 Å². The predicted octanol–water partition coefficient (Wildman–Crippen LogP) is -0.445. The van der Waals surface area contributed by atoms with Crippen molar-refractivity contribution < 1.29 is 78.9 Å². The minimum Gasteiger partial charge on any atom is -0.504 e. The Kier molecular flexibility index (Phi) is 12.0. The number of esters is 2. The molecule has 10 atom stereocenters. The number of phenolic OH excluding ortho intramolecular Hbond substituents is 4. The average molecular weight is 667 g/mol. The van der Waals surface area contributed by atoms with Crippen molar-refractivity contribution in [2.45, 2.75) is 81.7 Å². The molecule has 2 aliphatic rings. The van der Waals surface area contributed by atoms with E-state index in [-0.39, 0.29) is 30.3 Å². The Labute approximate surface area is 268 Å². The van der Waals surface area contributed by atoms with Crippen molar-refractivity contribution >= 4 is 18.0 Å². The van der Waals surface area contributed by atoms with Gasteiger partial charge < -0.3 is 69.3 Å². The molecule has 8 N–H and O–H groups in total. The normalized spacial score (nSPS) is 31.0. The molecule has 2 saturated heterocycles. The molecule has 0 aromatic heterocycles. The van der Waals surface area contributed by atoms with E-state index in [9.17, 15) is 50.4 Å². The number of hydrogen-bond acceptors (Lipinski definition) is 16. The van der Waals surface area contributed by atoms with Gasteiger partial charge in [0.2, 0.25) is 0 Å². The van der Waals surface area contributed by atoms with Crippen LogP contribution in [0.2, 0.25) is 0 Å². The molecule has 0 bridgehead atoms. The lowest BCUT2D eigenvalue weighted by Gasteiger charge is -2.46. The fraction of sp³-hybridized carbons (Fsp3) is 0.484. The van der Waals surface area contributed by atoms with Gasteiger partial charge in [0, 0.05) is 13.0 Å². The lowest BCUT2D eigenvalue weighted by Crippen LogP contribution is -2.65. The molecular weight excluding hydrogens is 628 g/mol. The Bertz CT molecular complexity index is 1410. The first-order chi connectivity index (χ1) is 22.2. The third kappa shape index (κ3) is 9.09. The molecule has 2 fully saturated rings. The highest BCUT2D eigenvalue weighted by atomic mass is 16.7. The third-order valence-corrected chi connectivity index (χ3v) is 7.53. The van der Waals surface area contributed by atoms with Crippen LogP contribution in [0.25, 0.3) is 6.08 Å². The number of phenols is 4. The second-order valence-electron chi connectivity index (χ2n) is 11.0. The van der Waals surface area contributed by atoms with Crippen LogP contribution in [0.5, 0.6) is 23.0 Å². The Hall–Kier alpha value is -4.00. The number of aliphatic hydroxyl groups is 4. The zero-order valence-electron chi connectivity index (χ0n) is 25.4. The van der Waals surface area contributed by atoms with Gasteiger partial charge in [-0.25, -0.2) is 4.79 Å². The zero-order valence-corrected chi connectivity index (χ0v) is 25.4. The lowest BCUT2D eigenvalue weighted by atomic mass is 9.97. The molecule has 47 heavy (non-hydrogen) atoms. The summed E-state index contributed by atoms with van der Waals surface area (Å²) in [4.78, 5) is 24.6. The summed E-state index contributed by atoms with van der Waals surface area (Å²) in [7, 11) is 0. The van der Waals surface area contributed by atoms with Crippen LogP contribution in [-0.4, -0.2) is 127 Å². The fourth-order valence-corrected chi connectivity index (χ4v) is 4.95. The SMILES string of the molecule is CC(=O)OC1C(OCCc2ccc(O)c(O)c2)OC(COC(=O)/C=C/c2ccc(O)c(O)c2)C(O)C1OC1OC(C)C(O)C(O)C1O. The molecule has 2 heterocycles. The largest absolute Gasteiger partial charge is 0.504 e. The van der Waals surface area contributed by atoms with Crippen LogP contribution >= 0.6 is 0 Å². The van der Waals surface area contributed by atoms with Gasteiger partial charge in [-0.1, -0.05) is 12.1 Å². The predicted molar refractivity (Wildman–Crippen MR) is 157 cm³/mol. The second kappa shape index (κ2) is 15.7. The van der Waals surface area contributed by atoms with E-state index in [4.69, 9.17) is 28.4 Å². The number of aromatic hydroxyl groups is 4. The fourth-order valence-electron chi connectivity index (χ4n) is 4.95. The van der Waals surface area contributed by atoms with Crippen molar-refractivity contribution in [2.24, 2.45) is 0 Å². The highest BCUT2D eigenvalue weighted by molar-refractivity contribution is 5.87. The van der Waals surface area contributed by atoms with Crippen molar-refractivity contribution in [1.82, 2.24) is 0 Å². The van der Waals surface area contributed by atoms with Gasteiger partial charge in [-0.15, -0.1) is 0 Å². The van der Waals surface area contributed by atoms with Crippen LogP contribution in [0.15, 0.2) is 42.5 Å². The molecule has 10 unspecified atom stereocenters. The van der Waals surface area contributed by atoms with E-state index in [1.165, 1.54) is 49.4 Å². The molecule has 2 aromatic carbocycles. The van der Waals surface area contributed by atoms with Gasteiger partial charge in [0.25, 0.3) is 0 Å². The summed E-state index contributed by atoms with van der Waals surface area (Å²) in [5, 5.41) is 80.7. The lowest BCUT2D eigenvalue weighted by molar-refractivity contribution is -0.357. The molecule has 16 heteroatoms. The van der Waals surface area contributed by atoms with Crippen LogP contribution < -0.4 is 0 Å². The van der Waals surface area contributed by atoms with Gasteiger partial charge in [0.1, 0.15) is 43.2 Å². The third-order valence-electron chi connectivity index (χ3n) is 7.53. The summed E-state index contributed by atoms with van der Waals surface area (Å²) in [6.07, 6.45) is -12.6. The number of benzene rings is 2. The van der Waals surface area contributed by atoms with Gasteiger partial charge in [0.15, 0.2) is 41.7 Å². The summed E-state index contributed by atoms with van der Waals surface area (Å²) in [6.45, 7) is 1.83. The zero-order chi connectivity index (χ0) is 34.4. The van der Waals surface area contributed by atoms with E-state index in [1.807, 2.05) is 0 Å². The molecule has 0 amide bonds. The number of hydrogen-bond donors (Lipinski definition) is 8. The van der Waals surface area contributed by atoms with Crippen molar-refractivity contribution in [3.05, 3.63) is 53.6 Å². The number of aliphatic hydroxyl groups excluding tert-OH is 4. The van der Waals surface area contributed by atoms with Crippen molar-refractivity contribution in [1.29, 1.82) is 0 Å². The summed E-state index contributed by atoms with van der Waals surface area (Å²) in [5.41, 5.74) is 0.930. The van der Waals surface area contributed by atoms with Gasteiger partial charge in [0.05, 0.1) is 12.7 Å². The molecule has 2 aliphatic heterocycles. The molecule has 0 radical (unpaired) electrons. The van der Waals surface area contributed by atoms with Crippen molar-refractivity contribution in [3.8, 4) is 23.0 Å². The molecule has 0 saturated carbocycles. The number of carbonyl (C=O) groups excluding carboxylic acids is 2. The van der Waals surface area contributed by atoms with Crippen LogP contribution in [0, 0.1) is 0 Å². The second-order valence-corrected chi connectivity index (χ2v) is 11.0. The van der Waals surface area contributed by atoms with E-state index in [0.717, 1.165) is 13.0 Å². The molecule has 2 aromatic rings. The van der Waals surface area contributed by atoms with Gasteiger partial charge in [-0.05, 0) is 54.8 Å². The van der Waals surface area contributed by atoms with E-state index in [2.05, 4.69) is 0 Å². The molecule has 258 valence electrons. The molecular formula is C31H38O16. The molecule has 16 nitrogen and oxygen atoms in total. The van der Waals surface area contributed by atoms with Crippen LogP contribution in [0.3, 0.4) is 0 Å². The number of carbonyl (C=O) groups is 2. The summed E-state index contributed by atoms with van der Waals surface area (Å²) in [5.74, 6) is -3.11. The Balaban J connectivity index is 1.53. The first-order valence-corrected chi connectivity index (χ1v) is 14.6. The van der Waals surface area contributed by atoms with Crippen LogP contribution in [0.4, 0.5) is 0 Å². The maximum absolute atomic E-state index is 12.5. The van der Waals surface area contributed by atoms with E-state index < -0.39 is 85.7 Å². The first kappa shape index (κ1) is 35.8. The maximum atomic E-state index is 12.5. The highest BCUT2D eigenvalue weighted by Gasteiger charge is 2.52. The minimum absolute atomic E-state index is 0.103. The van der Waals surface area contributed by atoms with Gasteiger partial charge in [-0.2, -0.15) is 0 Å². The van der Waals surface area contributed by atoms with E-state index >= 15 is 0 Å². The van der Waals surface area contributed by atoms with E-state index in [0.29, 0.717) is 11.1 Å². The average Bonchev–Trinajstić information content (AvgIpc) is 3.02. The van der Waals surface area contributed by atoms with Gasteiger partial charge >= 0.3 is 11.9 Å². The summed E-state index contributed by atoms with van der Waals surface area (Å²) < 4.78 is 33.8. The summed E-state index contributed by atoms with van der Waals surface area (Å²) in [6, 6.07) is 8.02. The van der Waals surface area contributed by atoms with Crippen LogP contribution in [0.1, 0.15) is 25.0 Å². The topological polar surface area (TPSA) is 251 Å².